The van der Waals surface area contributed by atoms with Crippen LogP contribution in [0, 0.1) is 6.57 Å². The molecule has 0 fully saturated rings. The fraction of sp³-hybridized carbons (Fsp3) is 0. The maximum atomic E-state index is 7.80. The lowest BCUT2D eigenvalue weighted by Crippen LogP contribution is -2.01. The summed E-state index contributed by atoms with van der Waals surface area (Å²) >= 11 is 0. The van der Waals surface area contributed by atoms with Gasteiger partial charge in [-0.2, -0.15) is 0 Å². The summed E-state index contributed by atoms with van der Waals surface area (Å²) in [6, 6.07) is 56.4. The molecule has 8 aromatic carbocycles. The quantitative estimate of drug-likeness (QED) is 0.178. The van der Waals surface area contributed by atoms with Crippen LogP contribution in [0.2, 0.25) is 0 Å². The van der Waals surface area contributed by atoms with Crippen molar-refractivity contribution in [2.75, 3.05) is 0 Å². The van der Waals surface area contributed by atoms with Crippen molar-refractivity contribution < 1.29 is 0 Å². The van der Waals surface area contributed by atoms with E-state index in [1.807, 2.05) is 12.1 Å². The van der Waals surface area contributed by atoms with E-state index in [4.69, 9.17) is 21.5 Å². The Bertz CT molecular complexity index is 2940. The van der Waals surface area contributed by atoms with E-state index in [-0.39, 0.29) is 0 Å². The van der Waals surface area contributed by atoms with Crippen molar-refractivity contribution in [3.8, 4) is 39.9 Å². The lowest BCUT2D eigenvalue weighted by molar-refractivity contribution is 1.08. The van der Waals surface area contributed by atoms with Gasteiger partial charge >= 0.3 is 0 Å². The molecular formula is C46H27N5. The fourth-order valence-corrected chi connectivity index (χ4v) is 7.47. The third-order valence-corrected chi connectivity index (χ3v) is 9.84. The van der Waals surface area contributed by atoms with Crippen LogP contribution in [0.15, 0.2) is 164 Å². The Morgan fingerprint density at radius 2 is 0.902 bits per heavy atom. The summed E-state index contributed by atoms with van der Waals surface area (Å²) < 4.78 is 2.31. The summed E-state index contributed by atoms with van der Waals surface area (Å²) in [4.78, 5) is 19.3. The molecule has 0 unspecified atom stereocenters. The summed E-state index contributed by atoms with van der Waals surface area (Å²) in [6.45, 7) is 7.80. The van der Waals surface area contributed by atoms with Gasteiger partial charge in [0.15, 0.2) is 23.2 Å². The van der Waals surface area contributed by atoms with Gasteiger partial charge in [-0.25, -0.2) is 19.8 Å². The summed E-state index contributed by atoms with van der Waals surface area (Å²) in [5, 5.41) is 8.79. The molecule has 236 valence electrons. The van der Waals surface area contributed by atoms with E-state index in [1.54, 1.807) is 0 Å². The molecule has 0 aliphatic rings. The Labute approximate surface area is 293 Å². The highest BCUT2D eigenvalue weighted by atomic mass is 15.0. The Balaban J connectivity index is 1.25. The van der Waals surface area contributed by atoms with Gasteiger partial charge in [-0.05, 0) is 68.7 Å². The van der Waals surface area contributed by atoms with Crippen molar-refractivity contribution in [2.24, 2.45) is 0 Å². The lowest BCUT2D eigenvalue weighted by Gasteiger charge is -2.13. The molecule has 0 atom stereocenters. The second-order valence-corrected chi connectivity index (χ2v) is 12.7. The summed E-state index contributed by atoms with van der Waals surface area (Å²) in [7, 11) is 0. The van der Waals surface area contributed by atoms with Gasteiger partial charge in [-0.3, -0.25) is 0 Å². The van der Waals surface area contributed by atoms with Crippen molar-refractivity contribution in [2.45, 2.75) is 0 Å². The molecular weight excluding hydrogens is 623 g/mol. The fourth-order valence-electron chi connectivity index (χ4n) is 7.47. The van der Waals surface area contributed by atoms with E-state index < -0.39 is 0 Å². The molecule has 0 saturated carbocycles. The van der Waals surface area contributed by atoms with Crippen LogP contribution in [-0.2, 0) is 0 Å². The van der Waals surface area contributed by atoms with Crippen molar-refractivity contribution in [1.82, 2.24) is 19.5 Å². The molecule has 10 rings (SSSR count). The average molecular weight is 650 g/mol. The first-order valence-corrected chi connectivity index (χ1v) is 16.9. The molecule has 0 amide bonds. The van der Waals surface area contributed by atoms with E-state index in [0.29, 0.717) is 23.2 Å². The van der Waals surface area contributed by atoms with Crippen molar-refractivity contribution in [3.63, 3.8) is 0 Å². The predicted octanol–water partition coefficient (Wildman–Crippen LogP) is 12.0. The number of benzene rings is 8. The van der Waals surface area contributed by atoms with Crippen LogP contribution >= 0.6 is 0 Å². The van der Waals surface area contributed by atoms with Gasteiger partial charge in [0.05, 0.1) is 23.3 Å². The zero-order valence-electron chi connectivity index (χ0n) is 27.3. The van der Waals surface area contributed by atoms with Gasteiger partial charge in [0.2, 0.25) is 0 Å². The average Bonchev–Trinajstić information content (AvgIpc) is 3.52. The third kappa shape index (κ3) is 4.66. The Kier molecular flexibility index (Phi) is 6.48. The van der Waals surface area contributed by atoms with Crippen LogP contribution in [0.1, 0.15) is 0 Å². The van der Waals surface area contributed by atoms with E-state index in [1.165, 1.54) is 5.39 Å². The molecule has 0 aliphatic heterocycles. The monoisotopic (exact) mass is 649 g/mol. The van der Waals surface area contributed by atoms with E-state index >= 15 is 0 Å². The van der Waals surface area contributed by atoms with Crippen LogP contribution in [0.4, 0.5) is 5.69 Å². The van der Waals surface area contributed by atoms with Crippen LogP contribution in [0.3, 0.4) is 0 Å². The standard InChI is InChI=1S/C46H27N5/c1-47-33-24-26-43-40(28-33)39-27-32(23-25-42(39)51(43)41-22-10-16-31-13-4-7-19-36(31)41)44-48-45(37-20-8-14-29-11-2-5-17-34(29)37)50-46(49-44)38-21-9-15-30-12-3-6-18-35(30)38/h2-28H. The second-order valence-electron chi connectivity index (χ2n) is 12.7. The molecule has 5 heteroatoms. The van der Waals surface area contributed by atoms with Gasteiger partial charge in [0.1, 0.15) is 0 Å². The maximum absolute atomic E-state index is 7.80. The van der Waals surface area contributed by atoms with Crippen LogP contribution in [0.25, 0.3) is 98.8 Å². The molecule has 0 saturated heterocycles. The highest BCUT2D eigenvalue weighted by Crippen LogP contribution is 2.39. The minimum Gasteiger partial charge on any atom is -0.309 e. The Hall–Kier alpha value is -7.16. The van der Waals surface area contributed by atoms with Gasteiger partial charge < -0.3 is 4.57 Å². The number of rotatable bonds is 4. The van der Waals surface area contributed by atoms with Crippen molar-refractivity contribution in [3.05, 3.63) is 175 Å². The third-order valence-electron chi connectivity index (χ3n) is 9.84. The molecule has 0 spiro atoms. The topological polar surface area (TPSA) is 48.0 Å². The van der Waals surface area contributed by atoms with Gasteiger partial charge in [-0.15, -0.1) is 0 Å². The zero-order chi connectivity index (χ0) is 33.9. The van der Waals surface area contributed by atoms with E-state index in [9.17, 15) is 0 Å². The van der Waals surface area contributed by atoms with Gasteiger partial charge in [0, 0.05) is 27.5 Å². The van der Waals surface area contributed by atoms with Gasteiger partial charge in [0.25, 0.3) is 0 Å². The first-order valence-electron chi connectivity index (χ1n) is 16.9. The molecule has 2 aromatic heterocycles. The summed E-state index contributed by atoms with van der Waals surface area (Å²) in [6.07, 6.45) is 0. The minimum atomic E-state index is 0.588. The van der Waals surface area contributed by atoms with E-state index in [0.717, 1.165) is 71.1 Å². The SMILES string of the molecule is [C-]#[N+]c1ccc2c(c1)c1cc(-c3nc(-c4cccc5ccccc45)nc(-c4cccc5ccccc45)n3)ccc1n2-c1cccc2ccccc12. The second kappa shape index (κ2) is 11.5. The predicted molar refractivity (Wildman–Crippen MR) is 209 cm³/mol. The lowest BCUT2D eigenvalue weighted by atomic mass is 10.0. The first-order chi connectivity index (χ1) is 25.2. The van der Waals surface area contributed by atoms with E-state index in [2.05, 4.69) is 161 Å². The zero-order valence-corrected chi connectivity index (χ0v) is 27.3. The number of hydrogen-bond acceptors (Lipinski definition) is 3. The molecule has 0 N–H and O–H groups in total. The Morgan fingerprint density at radius 3 is 1.53 bits per heavy atom. The summed E-state index contributed by atoms with van der Waals surface area (Å²) in [5.41, 5.74) is 6.55. The molecule has 0 radical (unpaired) electrons. The van der Waals surface area contributed by atoms with Gasteiger partial charge in [-0.1, -0.05) is 127 Å². The smallest absolute Gasteiger partial charge is 0.188 e. The largest absolute Gasteiger partial charge is 0.309 e. The normalized spacial score (nSPS) is 11.5. The number of aromatic nitrogens is 4. The summed E-state index contributed by atoms with van der Waals surface area (Å²) in [5.74, 6) is 1.83. The Morgan fingerprint density at radius 1 is 0.412 bits per heavy atom. The number of hydrogen-bond donors (Lipinski definition) is 0. The number of fused-ring (bicyclic) bond motifs is 6. The maximum Gasteiger partial charge on any atom is 0.188 e. The molecule has 0 aliphatic carbocycles. The molecule has 10 aromatic rings. The van der Waals surface area contributed by atoms with Crippen LogP contribution in [-0.4, -0.2) is 19.5 Å². The minimum absolute atomic E-state index is 0.588. The van der Waals surface area contributed by atoms with Crippen LogP contribution in [0.5, 0.6) is 0 Å². The highest BCUT2D eigenvalue weighted by molar-refractivity contribution is 6.12. The molecule has 0 bridgehead atoms. The molecule has 2 heterocycles. The highest BCUT2D eigenvalue weighted by Gasteiger charge is 2.19. The van der Waals surface area contributed by atoms with Crippen molar-refractivity contribution >= 4 is 59.8 Å². The van der Waals surface area contributed by atoms with Crippen molar-refractivity contribution in [1.29, 1.82) is 0 Å². The number of nitrogens with zero attached hydrogens (tertiary/aromatic N) is 5. The van der Waals surface area contributed by atoms with Crippen LogP contribution < -0.4 is 0 Å². The molecule has 51 heavy (non-hydrogen) atoms. The molecule has 5 nitrogen and oxygen atoms in total. The first kappa shape index (κ1) is 28.8.